The minimum Gasteiger partial charge on any atom is -0.324 e. The second kappa shape index (κ2) is 6.27. The Morgan fingerprint density at radius 3 is 2.81 bits per heavy atom. The lowest BCUT2D eigenvalue weighted by Crippen LogP contribution is -2.46. The average molecular weight is 307 g/mol. The molecule has 114 valence electrons. The Morgan fingerprint density at radius 1 is 1.24 bits per heavy atom. The van der Waals surface area contributed by atoms with Crippen LogP contribution in [-0.4, -0.2) is 24.0 Å². The van der Waals surface area contributed by atoms with Crippen LogP contribution in [0, 0.1) is 18.8 Å². The van der Waals surface area contributed by atoms with E-state index in [2.05, 4.69) is 5.32 Å². The van der Waals surface area contributed by atoms with Gasteiger partial charge in [0.05, 0.1) is 0 Å². The first-order valence-electron chi connectivity index (χ1n) is 7.95. The lowest BCUT2D eigenvalue weighted by molar-refractivity contribution is 0.108. The molecule has 1 aromatic rings. The van der Waals surface area contributed by atoms with Crippen molar-refractivity contribution in [2.24, 2.45) is 11.8 Å². The molecular weight excluding hydrogens is 284 g/mol. The monoisotopic (exact) mass is 306 g/mol. The molecular formula is C17H23ClN2O. The summed E-state index contributed by atoms with van der Waals surface area (Å²) in [6.45, 7) is 3.78. The highest BCUT2D eigenvalue weighted by atomic mass is 35.5. The van der Waals surface area contributed by atoms with Crippen LogP contribution < -0.4 is 5.32 Å². The summed E-state index contributed by atoms with van der Waals surface area (Å²) in [6, 6.07) is 5.62. The molecule has 2 unspecified atom stereocenters. The van der Waals surface area contributed by atoms with E-state index >= 15 is 0 Å². The molecule has 0 radical (unpaired) electrons. The summed E-state index contributed by atoms with van der Waals surface area (Å²) in [7, 11) is 0. The van der Waals surface area contributed by atoms with Crippen molar-refractivity contribution in [1.82, 2.24) is 4.90 Å². The summed E-state index contributed by atoms with van der Waals surface area (Å²) in [6.07, 6.45) is 6.49. The molecule has 1 aromatic carbocycles. The first-order chi connectivity index (χ1) is 10.1. The topological polar surface area (TPSA) is 32.3 Å². The van der Waals surface area contributed by atoms with Crippen molar-refractivity contribution in [2.45, 2.75) is 39.0 Å². The van der Waals surface area contributed by atoms with E-state index in [0.29, 0.717) is 10.9 Å². The number of nitrogens with one attached hydrogen (secondary N) is 1. The fourth-order valence-electron chi connectivity index (χ4n) is 3.71. The van der Waals surface area contributed by atoms with E-state index in [0.717, 1.165) is 36.7 Å². The van der Waals surface area contributed by atoms with E-state index < -0.39 is 0 Å². The van der Waals surface area contributed by atoms with Crippen LogP contribution >= 0.6 is 11.6 Å². The van der Waals surface area contributed by atoms with Gasteiger partial charge in [-0.3, -0.25) is 0 Å². The smallest absolute Gasteiger partial charge is 0.321 e. The number of hydrogen-bond acceptors (Lipinski definition) is 1. The van der Waals surface area contributed by atoms with Crippen LogP contribution in [0.5, 0.6) is 0 Å². The molecule has 3 nitrogen and oxygen atoms in total. The van der Waals surface area contributed by atoms with Gasteiger partial charge >= 0.3 is 6.03 Å². The Kier molecular flexibility index (Phi) is 4.39. The maximum atomic E-state index is 12.5. The zero-order chi connectivity index (χ0) is 14.8. The van der Waals surface area contributed by atoms with E-state index in [1.54, 1.807) is 0 Å². The maximum Gasteiger partial charge on any atom is 0.321 e. The quantitative estimate of drug-likeness (QED) is 0.802. The second-order valence-corrected chi connectivity index (χ2v) is 6.87. The predicted molar refractivity (Wildman–Crippen MR) is 86.8 cm³/mol. The summed E-state index contributed by atoms with van der Waals surface area (Å²) in [5.74, 6) is 1.55. The Bertz CT molecular complexity index is 532. The normalized spacial score (nSPS) is 25.3. The van der Waals surface area contributed by atoms with Gasteiger partial charge in [-0.05, 0) is 49.3 Å². The number of carbonyl (C=O) groups is 1. The molecule has 1 aliphatic carbocycles. The van der Waals surface area contributed by atoms with Crippen LogP contribution in [-0.2, 0) is 0 Å². The summed E-state index contributed by atoms with van der Waals surface area (Å²) in [4.78, 5) is 14.5. The SMILES string of the molecule is Cc1ccc(Cl)cc1NC(=O)N1CCC2CCCCC2C1. The molecule has 2 fully saturated rings. The van der Waals surface area contributed by atoms with Crippen molar-refractivity contribution < 1.29 is 4.79 Å². The van der Waals surface area contributed by atoms with Crippen LogP contribution in [0.2, 0.25) is 5.02 Å². The number of anilines is 1. The van der Waals surface area contributed by atoms with Gasteiger partial charge in [0.2, 0.25) is 0 Å². The summed E-state index contributed by atoms with van der Waals surface area (Å²) in [5.41, 5.74) is 1.86. The maximum absolute atomic E-state index is 12.5. The third kappa shape index (κ3) is 3.34. The highest BCUT2D eigenvalue weighted by Gasteiger charge is 2.32. The molecule has 0 spiro atoms. The summed E-state index contributed by atoms with van der Waals surface area (Å²) < 4.78 is 0. The van der Waals surface area contributed by atoms with E-state index in [-0.39, 0.29) is 6.03 Å². The van der Waals surface area contributed by atoms with Gasteiger partial charge in [-0.25, -0.2) is 4.79 Å². The molecule has 1 N–H and O–H groups in total. The molecule has 0 bridgehead atoms. The highest BCUT2D eigenvalue weighted by molar-refractivity contribution is 6.31. The molecule has 2 aliphatic rings. The first-order valence-corrected chi connectivity index (χ1v) is 8.33. The molecule has 1 saturated carbocycles. The third-order valence-corrected chi connectivity index (χ3v) is 5.25. The molecule has 1 saturated heterocycles. The number of urea groups is 1. The molecule has 21 heavy (non-hydrogen) atoms. The predicted octanol–water partition coefficient (Wildman–Crippen LogP) is 4.69. The fraction of sp³-hybridized carbons (Fsp3) is 0.588. The van der Waals surface area contributed by atoms with E-state index in [1.807, 2.05) is 30.0 Å². The number of aryl methyl sites for hydroxylation is 1. The zero-order valence-corrected chi connectivity index (χ0v) is 13.3. The van der Waals surface area contributed by atoms with Crippen molar-refractivity contribution >= 4 is 23.3 Å². The first kappa shape index (κ1) is 14.7. The van der Waals surface area contributed by atoms with Crippen LogP contribution in [0.15, 0.2) is 18.2 Å². The van der Waals surface area contributed by atoms with Crippen LogP contribution in [0.4, 0.5) is 10.5 Å². The number of benzene rings is 1. The van der Waals surface area contributed by atoms with Gasteiger partial charge < -0.3 is 10.2 Å². The van der Waals surface area contributed by atoms with Crippen molar-refractivity contribution in [2.75, 3.05) is 18.4 Å². The molecule has 3 rings (SSSR count). The number of nitrogens with zero attached hydrogens (tertiary/aromatic N) is 1. The summed E-state index contributed by atoms with van der Waals surface area (Å²) in [5, 5.41) is 3.67. The van der Waals surface area contributed by atoms with E-state index in [9.17, 15) is 4.79 Å². The van der Waals surface area contributed by atoms with Gasteiger partial charge in [0.25, 0.3) is 0 Å². The average Bonchev–Trinajstić information content (AvgIpc) is 2.50. The van der Waals surface area contributed by atoms with Crippen LogP contribution in [0.25, 0.3) is 0 Å². The largest absolute Gasteiger partial charge is 0.324 e. The second-order valence-electron chi connectivity index (χ2n) is 6.43. The Hall–Kier alpha value is -1.22. The number of likely N-dealkylation sites (tertiary alicyclic amines) is 1. The van der Waals surface area contributed by atoms with Gasteiger partial charge in [0, 0.05) is 23.8 Å². The van der Waals surface area contributed by atoms with Crippen LogP contribution in [0.1, 0.15) is 37.7 Å². The van der Waals surface area contributed by atoms with E-state index in [1.165, 1.54) is 25.7 Å². The number of piperidine rings is 1. The number of fused-ring (bicyclic) bond motifs is 1. The van der Waals surface area contributed by atoms with Crippen molar-refractivity contribution in [1.29, 1.82) is 0 Å². The Morgan fingerprint density at radius 2 is 2.00 bits per heavy atom. The Balaban J connectivity index is 1.64. The van der Waals surface area contributed by atoms with Gasteiger partial charge in [0.15, 0.2) is 0 Å². The highest BCUT2D eigenvalue weighted by Crippen LogP contribution is 2.36. The Labute approximate surface area is 131 Å². The fourth-order valence-corrected chi connectivity index (χ4v) is 3.88. The van der Waals surface area contributed by atoms with Gasteiger partial charge in [-0.15, -0.1) is 0 Å². The van der Waals surface area contributed by atoms with Crippen molar-refractivity contribution in [3.05, 3.63) is 28.8 Å². The molecule has 2 atom stereocenters. The number of hydrogen-bond donors (Lipinski definition) is 1. The number of amides is 2. The molecule has 1 aliphatic heterocycles. The van der Waals surface area contributed by atoms with E-state index in [4.69, 9.17) is 11.6 Å². The van der Waals surface area contributed by atoms with Crippen molar-refractivity contribution in [3.8, 4) is 0 Å². The van der Waals surface area contributed by atoms with Gasteiger partial charge in [0.1, 0.15) is 0 Å². The molecule has 1 heterocycles. The summed E-state index contributed by atoms with van der Waals surface area (Å²) >= 11 is 6.01. The lowest BCUT2D eigenvalue weighted by atomic mass is 9.75. The van der Waals surface area contributed by atoms with Crippen LogP contribution in [0.3, 0.4) is 0 Å². The number of carbonyl (C=O) groups excluding carboxylic acids is 1. The third-order valence-electron chi connectivity index (χ3n) is 5.02. The van der Waals surface area contributed by atoms with Gasteiger partial charge in [-0.1, -0.05) is 36.9 Å². The van der Waals surface area contributed by atoms with Gasteiger partial charge in [-0.2, -0.15) is 0 Å². The number of rotatable bonds is 1. The lowest BCUT2D eigenvalue weighted by Gasteiger charge is -2.41. The molecule has 0 aromatic heterocycles. The van der Waals surface area contributed by atoms with Crippen molar-refractivity contribution in [3.63, 3.8) is 0 Å². The minimum absolute atomic E-state index is 0.0180. The molecule has 4 heteroatoms. The number of halogens is 1. The molecule has 2 amide bonds. The zero-order valence-electron chi connectivity index (χ0n) is 12.6. The minimum atomic E-state index is 0.0180. The standard InChI is InChI=1S/C17H23ClN2O/c1-12-6-7-15(18)10-16(12)19-17(21)20-9-8-13-4-2-3-5-14(13)11-20/h6-7,10,13-14H,2-5,8-9,11H2,1H3,(H,19,21).